The first-order valence-corrected chi connectivity index (χ1v) is 6.77. The van der Waals surface area contributed by atoms with Gasteiger partial charge in [-0.15, -0.1) is 0 Å². The molecule has 0 bridgehead atoms. The lowest BCUT2D eigenvalue weighted by Crippen LogP contribution is -2.46. The van der Waals surface area contributed by atoms with Gasteiger partial charge in [-0.25, -0.2) is 13.9 Å². The molecule has 1 aromatic heterocycles. The summed E-state index contributed by atoms with van der Waals surface area (Å²) in [5.74, 6) is -2.43. The van der Waals surface area contributed by atoms with Crippen LogP contribution in [-0.4, -0.2) is 44.0 Å². The number of nitrogens with one attached hydrogen (secondary N) is 1. The standard InChI is InChI=1S/C15H16FN3O4/c1-9-7-19(11-5-3-10(16)4-6-11)18-12(9)13(20)17-8-15(2,23)14(21)22/h3-7,23H,8H2,1-2H3,(H,17,20)(H,21,22). The van der Waals surface area contributed by atoms with E-state index in [1.807, 2.05) is 0 Å². The minimum absolute atomic E-state index is 0.0931. The molecule has 2 rings (SSSR count). The number of carboxylic acids is 1. The summed E-state index contributed by atoms with van der Waals surface area (Å²) < 4.78 is 14.3. The number of hydrogen-bond donors (Lipinski definition) is 3. The first-order valence-electron chi connectivity index (χ1n) is 6.77. The second-order valence-corrected chi connectivity index (χ2v) is 5.34. The lowest BCUT2D eigenvalue weighted by atomic mass is 10.1. The molecule has 0 saturated carbocycles. The molecule has 23 heavy (non-hydrogen) atoms. The van der Waals surface area contributed by atoms with Crippen molar-refractivity contribution in [1.29, 1.82) is 0 Å². The molecule has 2 aromatic rings. The van der Waals surface area contributed by atoms with Gasteiger partial charge in [0, 0.05) is 11.8 Å². The van der Waals surface area contributed by atoms with Crippen molar-refractivity contribution in [1.82, 2.24) is 15.1 Å². The monoisotopic (exact) mass is 321 g/mol. The quantitative estimate of drug-likeness (QED) is 0.758. The van der Waals surface area contributed by atoms with Crippen molar-refractivity contribution in [2.45, 2.75) is 19.4 Å². The molecule has 0 radical (unpaired) electrons. The van der Waals surface area contributed by atoms with Crippen LogP contribution in [0.25, 0.3) is 5.69 Å². The zero-order valence-electron chi connectivity index (χ0n) is 12.6. The number of aliphatic hydroxyl groups is 1. The fourth-order valence-corrected chi connectivity index (χ4v) is 1.82. The minimum atomic E-state index is -2.07. The maximum absolute atomic E-state index is 12.9. The number of amides is 1. The largest absolute Gasteiger partial charge is 0.479 e. The molecule has 122 valence electrons. The maximum Gasteiger partial charge on any atom is 0.337 e. The Kier molecular flexibility index (Phi) is 4.46. The van der Waals surface area contributed by atoms with E-state index < -0.39 is 24.0 Å². The van der Waals surface area contributed by atoms with E-state index in [-0.39, 0.29) is 11.5 Å². The average molecular weight is 321 g/mol. The number of rotatable bonds is 5. The predicted octanol–water partition coefficient (Wildman–Crippen LogP) is 0.885. The normalized spacial score (nSPS) is 13.4. The van der Waals surface area contributed by atoms with Crippen LogP contribution >= 0.6 is 0 Å². The van der Waals surface area contributed by atoms with Crippen molar-refractivity contribution < 1.29 is 24.2 Å². The van der Waals surface area contributed by atoms with Crippen LogP contribution in [0.1, 0.15) is 23.0 Å². The van der Waals surface area contributed by atoms with Gasteiger partial charge in [0.25, 0.3) is 5.91 Å². The van der Waals surface area contributed by atoms with Crippen LogP contribution in [-0.2, 0) is 4.79 Å². The second kappa shape index (κ2) is 6.17. The number of hydrogen-bond acceptors (Lipinski definition) is 4. The summed E-state index contributed by atoms with van der Waals surface area (Å²) in [4.78, 5) is 22.9. The lowest BCUT2D eigenvalue weighted by Gasteiger charge is -2.17. The number of aryl methyl sites for hydroxylation is 1. The predicted molar refractivity (Wildman–Crippen MR) is 78.9 cm³/mol. The SMILES string of the molecule is Cc1cn(-c2ccc(F)cc2)nc1C(=O)NCC(C)(O)C(=O)O. The van der Waals surface area contributed by atoms with E-state index in [9.17, 15) is 19.1 Å². The Morgan fingerprint density at radius 3 is 2.52 bits per heavy atom. The van der Waals surface area contributed by atoms with Gasteiger partial charge in [0.15, 0.2) is 11.3 Å². The first-order chi connectivity index (χ1) is 10.7. The molecule has 0 aliphatic carbocycles. The smallest absolute Gasteiger partial charge is 0.337 e. The maximum atomic E-state index is 12.9. The van der Waals surface area contributed by atoms with E-state index in [0.29, 0.717) is 11.3 Å². The van der Waals surface area contributed by atoms with Gasteiger partial charge in [-0.2, -0.15) is 5.10 Å². The van der Waals surface area contributed by atoms with Crippen molar-refractivity contribution in [2.24, 2.45) is 0 Å². The minimum Gasteiger partial charge on any atom is -0.479 e. The van der Waals surface area contributed by atoms with Gasteiger partial charge in [0.05, 0.1) is 12.2 Å². The van der Waals surface area contributed by atoms with E-state index in [0.717, 1.165) is 6.92 Å². The molecule has 8 heteroatoms. The third-order valence-corrected chi connectivity index (χ3v) is 3.26. The van der Waals surface area contributed by atoms with E-state index in [2.05, 4.69) is 10.4 Å². The molecule has 1 heterocycles. The van der Waals surface area contributed by atoms with Crippen molar-refractivity contribution in [2.75, 3.05) is 6.54 Å². The van der Waals surface area contributed by atoms with Gasteiger partial charge in [0.2, 0.25) is 0 Å². The molecule has 7 nitrogen and oxygen atoms in total. The Bertz CT molecular complexity index is 738. The number of carbonyl (C=O) groups is 2. The highest BCUT2D eigenvalue weighted by molar-refractivity contribution is 5.94. The topological polar surface area (TPSA) is 104 Å². The lowest BCUT2D eigenvalue weighted by molar-refractivity contribution is -0.155. The molecular weight excluding hydrogens is 305 g/mol. The molecule has 0 spiro atoms. The fourth-order valence-electron chi connectivity index (χ4n) is 1.82. The number of halogens is 1. The first kappa shape index (κ1) is 16.6. The van der Waals surface area contributed by atoms with Crippen molar-refractivity contribution in [3.8, 4) is 5.69 Å². The van der Waals surface area contributed by atoms with Gasteiger partial charge < -0.3 is 15.5 Å². The number of aliphatic carboxylic acids is 1. The molecule has 0 saturated heterocycles. The van der Waals surface area contributed by atoms with E-state index in [1.54, 1.807) is 13.1 Å². The Hall–Kier alpha value is -2.74. The molecule has 1 unspecified atom stereocenters. The molecular formula is C15H16FN3O4. The van der Waals surface area contributed by atoms with Crippen LogP contribution in [0.15, 0.2) is 30.5 Å². The molecule has 3 N–H and O–H groups in total. The number of aromatic nitrogens is 2. The highest BCUT2D eigenvalue weighted by atomic mass is 19.1. The third-order valence-electron chi connectivity index (χ3n) is 3.26. The van der Waals surface area contributed by atoms with Gasteiger partial charge in [-0.3, -0.25) is 4.79 Å². The van der Waals surface area contributed by atoms with Crippen LogP contribution in [0.3, 0.4) is 0 Å². The molecule has 0 aliphatic heterocycles. The zero-order chi connectivity index (χ0) is 17.2. The summed E-state index contributed by atoms with van der Waals surface area (Å²) in [5, 5.41) is 24.8. The molecule has 0 aliphatic rings. The average Bonchev–Trinajstić information content (AvgIpc) is 2.87. The highest BCUT2D eigenvalue weighted by Crippen LogP contribution is 2.13. The van der Waals surface area contributed by atoms with Gasteiger partial charge >= 0.3 is 5.97 Å². The molecule has 1 atom stereocenters. The Labute approximate surface area is 131 Å². The third kappa shape index (κ3) is 3.72. The Morgan fingerprint density at radius 2 is 1.96 bits per heavy atom. The van der Waals surface area contributed by atoms with Crippen molar-refractivity contribution in [3.05, 3.63) is 47.5 Å². The number of benzene rings is 1. The van der Waals surface area contributed by atoms with Gasteiger partial charge in [-0.05, 0) is 38.1 Å². The van der Waals surface area contributed by atoms with Crippen LogP contribution in [0, 0.1) is 12.7 Å². The second-order valence-electron chi connectivity index (χ2n) is 5.34. The molecule has 1 amide bonds. The summed E-state index contributed by atoms with van der Waals surface area (Å²) >= 11 is 0. The molecule has 0 fully saturated rings. The van der Waals surface area contributed by atoms with Crippen molar-refractivity contribution in [3.63, 3.8) is 0 Å². The summed E-state index contributed by atoms with van der Waals surface area (Å²) in [6.45, 7) is 2.29. The van der Waals surface area contributed by atoms with E-state index in [1.165, 1.54) is 28.9 Å². The Balaban J connectivity index is 2.16. The highest BCUT2D eigenvalue weighted by Gasteiger charge is 2.30. The van der Waals surface area contributed by atoms with Crippen molar-refractivity contribution >= 4 is 11.9 Å². The van der Waals surface area contributed by atoms with Gasteiger partial charge in [0.1, 0.15) is 5.82 Å². The van der Waals surface area contributed by atoms with E-state index >= 15 is 0 Å². The van der Waals surface area contributed by atoms with Crippen LogP contribution in [0.5, 0.6) is 0 Å². The van der Waals surface area contributed by atoms with Crippen LogP contribution in [0.4, 0.5) is 4.39 Å². The fraction of sp³-hybridized carbons (Fsp3) is 0.267. The summed E-state index contributed by atoms with van der Waals surface area (Å²) in [6.07, 6.45) is 1.59. The summed E-state index contributed by atoms with van der Waals surface area (Å²) in [7, 11) is 0. The Morgan fingerprint density at radius 1 is 1.35 bits per heavy atom. The van der Waals surface area contributed by atoms with E-state index in [4.69, 9.17) is 5.11 Å². The summed E-state index contributed by atoms with van der Waals surface area (Å²) in [5.41, 5.74) is -0.841. The summed E-state index contributed by atoms with van der Waals surface area (Å²) in [6, 6.07) is 5.57. The number of nitrogens with zero attached hydrogens (tertiary/aromatic N) is 2. The molecule has 1 aromatic carbocycles. The van der Waals surface area contributed by atoms with Crippen LogP contribution in [0.2, 0.25) is 0 Å². The van der Waals surface area contributed by atoms with Crippen LogP contribution < -0.4 is 5.32 Å². The number of carboxylic acid groups (broad SMARTS) is 1. The van der Waals surface area contributed by atoms with Gasteiger partial charge in [-0.1, -0.05) is 0 Å². The zero-order valence-corrected chi connectivity index (χ0v) is 12.6. The number of carbonyl (C=O) groups excluding carboxylic acids is 1.